The molecule has 0 atom stereocenters. The summed E-state index contributed by atoms with van der Waals surface area (Å²) in [6.07, 6.45) is 3.59. The van der Waals surface area contributed by atoms with Gasteiger partial charge in [0.2, 0.25) is 0 Å². The number of hydrogen-bond acceptors (Lipinski definition) is 4. The predicted octanol–water partition coefficient (Wildman–Crippen LogP) is 3.08. The highest BCUT2D eigenvalue weighted by atomic mass is 19.1. The number of aromatic nitrogens is 2. The van der Waals surface area contributed by atoms with Crippen molar-refractivity contribution in [1.82, 2.24) is 9.97 Å². The topological polar surface area (TPSA) is 59.2 Å². The van der Waals surface area contributed by atoms with Gasteiger partial charge < -0.3 is 4.42 Å². The van der Waals surface area contributed by atoms with Gasteiger partial charge in [-0.15, -0.1) is 0 Å². The Bertz CT molecular complexity index is 874. The first-order chi connectivity index (χ1) is 11.2. The first kappa shape index (κ1) is 13.6. The zero-order valence-corrected chi connectivity index (χ0v) is 12.1. The maximum atomic E-state index is 13.1. The van der Waals surface area contributed by atoms with E-state index in [1.54, 1.807) is 23.2 Å². The van der Waals surface area contributed by atoms with Gasteiger partial charge in [0, 0.05) is 18.3 Å². The summed E-state index contributed by atoms with van der Waals surface area (Å²) in [6, 6.07) is 9.61. The molecule has 3 heterocycles. The maximum absolute atomic E-state index is 13.1. The summed E-state index contributed by atoms with van der Waals surface area (Å²) < 4.78 is 18.5. The summed E-state index contributed by atoms with van der Waals surface area (Å²) >= 11 is 0. The molecule has 3 aromatic rings. The molecule has 1 amide bonds. The summed E-state index contributed by atoms with van der Waals surface area (Å²) in [4.78, 5) is 22.6. The highest BCUT2D eigenvalue weighted by Crippen LogP contribution is 2.32. The molecule has 0 N–H and O–H groups in total. The van der Waals surface area contributed by atoms with Gasteiger partial charge in [-0.25, -0.2) is 4.39 Å². The number of anilines is 1. The minimum Gasteiger partial charge on any atom is -0.441 e. The Morgan fingerprint density at radius 1 is 1.13 bits per heavy atom. The Kier molecular flexibility index (Phi) is 3.15. The van der Waals surface area contributed by atoms with E-state index in [0.29, 0.717) is 35.8 Å². The van der Waals surface area contributed by atoms with Crippen LogP contribution >= 0.6 is 0 Å². The van der Waals surface area contributed by atoms with Crippen LogP contribution in [0.25, 0.3) is 11.3 Å². The van der Waals surface area contributed by atoms with Crippen molar-refractivity contribution < 1.29 is 13.6 Å². The van der Waals surface area contributed by atoms with Crippen molar-refractivity contribution in [2.75, 3.05) is 11.4 Å². The second-order valence-corrected chi connectivity index (χ2v) is 5.23. The second kappa shape index (κ2) is 5.31. The lowest BCUT2D eigenvalue weighted by atomic mass is 10.0. The third-order valence-electron chi connectivity index (χ3n) is 3.85. The molecule has 6 heteroatoms. The number of rotatable bonds is 2. The number of carbonyl (C=O) groups excluding carboxylic acids is 1. The predicted molar refractivity (Wildman–Crippen MR) is 81.5 cm³/mol. The lowest BCUT2D eigenvalue weighted by molar-refractivity contribution is 0.0974. The van der Waals surface area contributed by atoms with E-state index < -0.39 is 0 Å². The molecule has 0 saturated carbocycles. The van der Waals surface area contributed by atoms with Crippen molar-refractivity contribution in [3.8, 4) is 11.3 Å². The van der Waals surface area contributed by atoms with E-state index >= 15 is 0 Å². The lowest BCUT2D eigenvalue weighted by Gasteiger charge is -2.26. The normalized spacial score (nSPS) is 14.0. The third kappa shape index (κ3) is 2.28. The van der Waals surface area contributed by atoms with Gasteiger partial charge in [0.1, 0.15) is 11.5 Å². The van der Waals surface area contributed by atoms with Gasteiger partial charge in [-0.1, -0.05) is 6.07 Å². The number of halogens is 1. The number of fused-ring (bicyclic) bond motifs is 1. The fourth-order valence-electron chi connectivity index (χ4n) is 2.73. The van der Waals surface area contributed by atoms with Gasteiger partial charge in [-0.3, -0.25) is 14.7 Å². The Morgan fingerprint density at radius 2 is 1.96 bits per heavy atom. The quantitative estimate of drug-likeness (QED) is 0.730. The molecule has 0 fully saturated rings. The molecule has 5 nitrogen and oxygen atoms in total. The molecule has 1 aliphatic rings. The molecule has 0 unspecified atom stereocenters. The van der Waals surface area contributed by atoms with Gasteiger partial charge in [0.05, 0.1) is 0 Å². The monoisotopic (exact) mass is 309 g/mol. The molecule has 4 rings (SSSR count). The molecular weight excluding hydrogens is 297 g/mol. The molecule has 23 heavy (non-hydrogen) atoms. The molecule has 0 bridgehead atoms. The van der Waals surface area contributed by atoms with Crippen molar-refractivity contribution >= 4 is 11.7 Å². The number of hydrogen-bond donors (Lipinski definition) is 0. The van der Waals surface area contributed by atoms with Crippen LogP contribution in [-0.4, -0.2) is 22.4 Å². The van der Waals surface area contributed by atoms with Crippen molar-refractivity contribution in [2.45, 2.75) is 6.42 Å². The molecule has 2 aromatic heterocycles. The van der Waals surface area contributed by atoms with Crippen molar-refractivity contribution in [1.29, 1.82) is 0 Å². The molecule has 0 aliphatic carbocycles. The van der Waals surface area contributed by atoms with Crippen LogP contribution in [-0.2, 0) is 6.42 Å². The molecule has 0 saturated heterocycles. The van der Waals surface area contributed by atoms with Crippen LogP contribution in [0.3, 0.4) is 0 Å². The van der Waals surface area contributed by atoms with Crippen molar-refractivity contribution in [2.24, 2.45) is 0 Å². The van der Waals surface area contributed by atoms with Gasteiger partial charge in [0.15, 0.2) is 18.0 Å². The molecule has 1 aliphatic heterocycles. The summed E-state index contributed by atoms with van der Waals surface area (Å²) in [7, 11) is 0. The first-order valence-electron chi connectivity index (χ1n) is 7.19. The molecule has 0 radical (unpaired) electrons. The number of pyridine rings is 1. The number of benzene rings is 1. The fraction of sp³-hybridized carbons (Fsp3) is 0.118. The third-order valence-corrected chi connectivity index (χ3v) is 3.85. The fourth-order valence-corrected chi connectivity index (χ4v) is 2.73. The first-order valence-corrected chi connectivity index (χ1v) is 7.19. The number of oxazole rings is 1. The maximum Gasteiger partial charge on any atom is 0.278 e. The zero-order valence-electron chi connectivity index (χ0n) is 12.1. The molecule has 114 valence electrons. The van der Waals surface area contributed by atoms with Gasteiger partial charge in [0.25, 0.3) is 5.91 Å². The van der Waals surface area contributed by atoms with E-state index in [-0.39, 0.29) is 11.7 Å². The minimum absolute atomic E-state index is 0.205. The van der Waals surface area contributed by atoms with E-state index in [0.717, 1.165) is 5.56 Å². The largest absolute Gasteiger partial charge is 0.441 e. The molecule has 0 spiro atoms. The highest BCUT2D eigenvalue weighted by Gasteiger charge is 2.30. The van der Waals surface area contributed by atoms with E-state index in [4.69, 9.17) is 4.42 Å². The average molecular weight is 309 g/mol. The van der Waals surface area contributed by atoms with Crippen molar-refractivity contribution in [3.63, 3.8) is 0 Å². The Hall–Kier alpha value is -3.02. The van der Waals surface area contributed by atoms with Crippen LogP contribution in [0.5, 0.6) is 0 Å². The smallest absolute Gasteiger partial charge is 0.278 e. The highest BCUT2D eigenvalue weighted by molar-refractivity contribution is 6.07. The van der Waals surface area contributed by atoms with E-state index in [1.165, 1.54) is 18.5 Å². The van der Waals surface area contributed by atoms with E-state index in [9.17, 15) is 9.18 Å². The van der Waals surface area contributed by atoms with Crippen LogP contribution in [0, 0.1) is 5.82 Å². The number of amides is 1. The van der Waals surface area contributed by atoms with Crippen LogP contribution in [0.15, 0.2) is 53.4 Å². The lowest BCUT2D eigenvalue weighted by Crippen LogP contribution is -2.38. The van der Waals surface area contributed by atoms with Gasteiger partial charge in [-0.2, -0.15) is 4.98 Å². The summed E-state index contributed by atoms with van der Waals surface area (Å²) in [6.45, 7) is 0.498. The van der Waals surface area contributed by atoms with E-state index in [1.807, 2.05) is 12.1 Å². The summed E-state index contributed by atoms with van der Waals surface area (Å²) in [5.74, 6) is 0.335. The van der Waals surface area contributed by atoms with Crippen LogP contribution in [0.1, 0.15) is 16.1 Å². The van der Waals surface area contributed by atoms with E-state index in [2.05, 4.69) is 9.97 Å². The Balaban J connectivity index is 1.74. The van der Waals surface area contributed by atoms with Gasteiger partial charge in [-0.05, 0) is 42.3 Å². The SMILES string of the molecule is O=C1c2ncccc2CCN1c1ncoc1-c1ccc(F)cc1. The van der Waals surface area contributed by atoms with Gasteiger partial charge >= 0.3 is 0 Å². The number of carbonyl (C=O) groups is 1. The van der Waals surface area contributed by atoms with Crippen LogP contribution < -0.4 is 4.90 Å². The average Bonchev–Trinajstić information content (AvgIpc) is 3.05. The minimum atomic E-state index is -0.331. The summed E-state index contributed by atoms with van der Waals surface area (Å²) in [5, 5.41) is 0. The van der Waals surface area contributed by atoms with Crippen LogP contribution in [0.2, 0.25) is 0 Å². The number of nitrogens with zero attached hydrogens (tertiary/aromatic N) is 3. The second-order valence-electron chi connectivity index (χ2n) is 5.23. The standard InChI is InChI=1S/C17H12FN3O2/c18-13-5-3-12(4-6-13)15-16(20-10-23-15)21-9-7-11-2-1-8-19-14(11)17(21)22/h1-6,8,10H,7,9H2. The van der Waals surface area contributed by atoms with Crippen molar-refractivity contribution in [3.05, 3.63) is 66.1 Å². The molecular formula is C17H12FN3O2. The Morgan fingerprint density at radius 3 is 2.78 bits per heavy atom. The zero-order chi connectivity index (χ0) is 15.8. The Labute approximate surface area is 131 Å². The van der Waals surface area contributed by atoms with Crippen LogP contribution in [0.4, 0.5) is 10.2 Å². The molecule has 1 aromatic carbocycles. The summed E-state index contributed by atoms with van der Waals surface area (Å²) in [5.41, 5.74) is 2.03.